The van der Waals surface area contributed by atoms with E-state index in [9.17, 15) is 35.1 Å². The topological polar surface area (TPSA) is 0 Å². The van der Waals surface area contributed by atoms with Crippen molar-refractivity contribution in [3.05, 3.63) is 77.9 Å². The van der Waals surface area contributed by atoms with Gasteiger partial charge in [0.05, 0.1) is 0 Å². The molecule has 146 valence electrons. The van der Waals surface area contributed by atoms with Gasteiger partial charge >= 0.3 is 23.1 Å². The van der Waals surface area contributed by atoms with Crippen molar-refractivity contribution < 1.29 is 35.1 Å². The van der Waals surface area contributed by atoms with E-state index < -0.39 is 34.8 Å². The molecule has 0 saturated carbocycles. The Morgan fingerprint density at radius 1 is 0.630 bits per heavy atom. The van der Waals surface area contributed by atoms with Crippen molar-refractivity contribution in [2.24, 2.45) is 0 Å². The molecular formula is C18H11ClF8. The number of rotatable bonds is 6. The Bertz CT molecular complexity index is 754. The van der Waals surface area contributed by atoms with E-state index in [4.69, 9.17) is 0 Å². The molecule has 0 radical (unpaired) electrons. The van der Waals surface area contributed by atoms with Gasteiger partial charge in [-0.3, -0.25) is 0 Å². The van der Waals surface area contributed by atoms with Crippen molar-refractivity contribution >= 4 is 17.2 Å². The minimum atomic E-state index is -6.50. The van der Waals surface area contributed by atoms with Crippen LogP contribution in [-0.4, -0.2) is 23.1 Å². The molecule has 2 aromatic carbocycles. The predicted octanol–water partition coefficient (Wildman–Crippen LogP) is 6.86. The first kappa shape index (κ1) is 21.2. The predicted molar refractivity (Wildman–Crippen MR) is 85.6 cm³/mol. The second-order valence-corrected chi connectivity index (χ2v) is 6.03. The van der Waals surface area contributed by atoms with E-state index in [1.807, 2.05) is 0 Å². The van der Waals surface area contributed by atoms with Gasteiger partial charge in [-0.1, -0.05) is 60.7 Å². The molecule has 0 aromatic heterocycles. The third-order valence-corrected chi connectivity index (χ3v) is 3.90. The average Bonchev–Trinajstić information content (AvgIpc) is 2.60. The standard InChI is InChI=1S/C18H11ClF8/c19-18(26,27)17(24,25)16(22,23)15(20,21)11-14(12-7-3-1-4-8-12)13-9-5-2-6-10-13/h1-11H. The molecule has 2 rings (SSSR count). The van der Waals surface area contributed by atoms with Crippen molar-refractivity contribution in [2.45, 2.75) is 23.1 Å². The maximum absolute atomic E-state index is 14.2. The van der Waals surface area contributed by atoms with Gasteiger partial charge in [-0.15, -0.1) is 0 Å². The highest BCUT2D eigenvalue weighted by molar-refractivity contribution is 6.22. The number of benzene rings is 2. The highest BCUT2D eigenvalue weighted by Crippen LogP contribution is 2.55. The van der Waals surface area contributed by atoms with E-state index >= 15 is 0 Å². The van der Waals surface area contributed by atoms with Crippen molar-refractivity contribution in [2.75, 3.05) is 0 Å². The van der Waals surface area contributed by atoms with Gasteiger partial charge in [0.25, 0.3) is 0 Å². The van der Waals surface area contributed by atoms with Crippen LogP contribution in [0.3, 0.4) is 0 Å². The van der Waals surface area contributed by atoms with Gasteiger partial charge in [0.2, 0.25) is 0 Å². The van der Waals surface area contributed by atoms with E-state index in [0.717, 1.165) is 0 Å². The van der Waals surface area contributed by atoms with Gasteiger partial charge in [-0.2, -0.15) is 35.1 Å². The number of alkyl halides is 9. The molecule has 0 amide bonds. The maximum Gasteiger partial charge on any atom is 0.393 e. The van der Waals surface area contributed by atoms with Crippen LogP contribution < -0.4 is 0 Å². The SMILES string of the molecule is FC(F)(Cl)C(F)(F)C(F)(F)C(F)(F)C=C(c1ccccc1)c1ccccc1. The molecule has 0 spiro atoms. The molecule has 27 heavy (non-hydrogen) atoms. The molecule has 9 heteroatoms. The summed E-state index contributed by atoms with van der Waals surface area (Å²) in [6, 6.07) is 13.8. The molecule has 0 bridgehead atoms. The van der Waals surface area contributed by atoms with Crippen LogP contribution in [0.25, 0.3) is 5.57 Å². The monoisotopic (exact) mass is 414 g/mol. The molecule has 0 aliphatic heterocycles. The van der Waals surface area contributed by atoms with E-state index in [1.165, 1.54) is 60.7 Å². The summed E-state index contributed by atoms with van der Waals surface area (Å²) in [6.45, 7) is 0. The van der Waals surface area contributed by atoms with Gasteiger partial charge in [0.15, 0.2) is 0 Å². The summed E-state index contributed by atoms with van der Waals surface area (Å²) in [5.74, 6) is -18.6. The first-order valence-corrected chi connectivity index (χ1v) is 7.73. The molecule has 0 fully saturated rings. The summed E-state index contributed by atoms with van der Waals surface area (Å²) in [5.41, 5.74) is -0.533. The Kier molecular flexibility index (Phi) is 5.61. The fraction of sp³-hybridized carbons (Fsp3) is 0.222. The van der Waals surface area contributed by atoms with Crippen LogP contribution in [-0.2, 0) is 0 Å². The summed E-state index contributed by atoms with van der Waals surface area (Å²) < 4.78 is 108. The molecule has 0 aliphatic carbocycles. The summed E-state index contributed by atoms with van der Waals surface area (Å²) in [7, 11) is 0. The summed E-state index contributed by atoms with van der Waals surface area (Å²) in [4.78, 5) is 0. The zero-order valence-corrected chi connectivity index (χ0v) is 14.0. The lowest BCUT2D eigenvalue weighted by Crippen LogP contribution is -2.59. The van der Waals surface area contributed by atoms with E-state index in [-0.39, 0.29) is 11.1 Å². The molecule has 0 N–H and O–H groups in total. The van der Waals surface area contributed by atoms with Gasteiger partial charge in [0, 0.05) is 0 Å². The first-order valence-electron chi connectivity index (χ1n) is 7.35. The second-order valence-electron chi connectivity index (χ2n) is 5.56. The minimum absolute atomic E-state index is 0.000116. The van der Waals surface area contributed by atoms with Crippen LogP contribution in [0.4, 0.5) is 35.1 Å². The summed E-state index contributed by atoms with van der Waals surface area (Å²) >= 11 is 3.97. The lowest BCUT2D eigenvalue weighted by molar-refractivity contribution is -0.335. The van der Waals surface area contributed by atoms with E-state index in [0.29, 0.717) is 0 Å². The Morgan fingerprint density at radius 2 is 1.00 bits per heavy atom. The van der Waals surface area contributed by atoms with Crippen LogP contribution in [0.15, 0.2) is 66.7 Å². The fourth-order valence-corrected chi connectivity index (χ4v) is 2.35. The van der Waals surface area contributed by atoms with Crippen LogP contribution in [0.1, 0.15) is 11.1 Å². The average molecular weight is 415 g/mol. The normalized spacial score (nSPS) is 13.4. The van der Waals surface area contributed by atoms with Gasteiger partial charge in [-0.25, -0.2) is 0 Å². The molecule has 0 nitrogen and oxygen atoms in total. The Hall–Kier alpha value is -2.09. The molecule has 0 aliphatic rings. The smallest absolute Gasteiger partial charge is 0.195 e. The third-order valence-electron chi connectivity index (χ3n) is 3.66. The van der Waals surface area contributed by atoms with Crippen molar-refractivity contribution in [1.82, 2.24) is 0 Å². The van der Waals surface area contributed by atoms with Gasteiger partial charge in [0.1, 0.15) is 0 Å². The highest BCUT2D eigenvalue weighted by atomic mass is 35.5. The molecule has 0 heterocycles. The van der Waals surface area contributed by atoms with E-state index in [2.05, 4.69) is 11.6 Å². The zero-order valence-electron chi connectivity index (χ0n) is 13.3. The Balaban J connectivity index is 2.65. The molecule has 0 saturated heterocycles. The van der Waals surface area contributed by atoms with E-state index in [1.54, 1.807) is 0 Å². The van der Waals surface area contributed by atoms with Crippen molar-refractivity contribution in [1.29, 1.82) is 0 Å². The van der Waals surface area contributed by atoms with Crippen LogP contribution in [0.2, 0.25) is 0 Å². The highest BCUT2D eigenvalue weighted by Gasteiger charge is 2.79. The largest absolute Gasteiger partial charge is 0.393 e. The first-order chi connectivity index (χ1) is 12.3. The number of hydrogen-bond acceptors (Lipinski definition) is 0. The van der Waals surface area contributed by atoms with Crippen LogP contribution in [0, 0.1) is 0 Å². The lowest BCUT2D eigenvalue weighted by atomic mass is 9.93. The number of hydrogen-bond donors (Lipinski definition) is 0. The maximum atomic E-state index is 14.2. The van der Waals surface area contributed by atoms with Gasteiger partial charge in [-0.05, 0) is 34.4 Å². The fourth-order valence-electron chi connectivity index (χ4n) is 2.23. The number of allylic oxidation sites excluding steroid dienone is 1. The van der Waals surface area contributed by atoms with Gasteiger partial charge < -0.3 is 0 Å². The Labute approximate surface area is 154 Å². The summed E-state index contributed by atoms with van der Waals surface area (Å²) in [6.07, 6.45) is -0.450. The molecule has 2 aromatic rings. The number of halogens is 9. The van der Waals surface area contributed by atoms with Crippen molar-refractivity contribution in [3.63, 3.8) is 0 Å². The molecule has 0 atom stereocenters. The Morgan fingerprint density at radius 3 is 1.33 bits per heavy atom. The second kappa shape index (κ2) is 7.14. The van der Waals surface area contributed by atoms with Crippen molar-refractivity contribution in [3.8, 4) is 0 Å². The van der Waals surface area contributed by atoms with Crippen LogP contribution >= 0.6 is 11.6 Å². The molecule has 0 unspecified atom stereocenters. The van der Waals surface area contributed by atoms with Crippen LogP contribution in [0.5, 0.6) is 0 Å². The minimum Gasteiger partial charge on any atom is -0.195 e. The quantitative estimate of drug-likeness (QED) is 0.358. The third kappa shape index (κ3) is 3.95. The summed E-state index contributed by atoms with van der Waals surface area (Å²) in [5, 5.41) is -5.88. The zero-order chi connectivity index (χ0) is 20.5. The molecular weight excluding hydrogens is 404 g/mol. The lowest BCUT2D eigenvalue weighted by Gasteiger charge is -2.33.